The summed E-state index contributed by atoms with van der Waals surface area (Å²) in [5.74, 6) is 0.311. The summed E-state index contributed by atoms with van der Waals surface area (Å²) >= 11 is 0. The number of rotatable bonds is 4. The Hall–Kier alpha value is -1.35. The van der Waals surface area contributed by atoms with Crippen LogP contribution in [0.5, 0.6) is 0 Å². The highest BCUT2D eigenvalue weighted by Gasteiger charge is 2.44. The van der Waals surface area contributed by atoms with Crippen LogP contribution in [-0.4, -0.2) is 29.6 Å². The van der Waals surface area contributed by atoms with E-state index in [0.29, 0.717) is 11.9 Å². The van der Waals surface area contributed by atoms with Crippen molar-refractivity contribution in [1.82, 2.24) is 10.2 Å². The Kier molecular flexibility index (Phi) is 4.03. The van der Waals surface area contributed by atoms with Gasteiger partial charge in [-0.25, -0.2) is 0 Å². The molecule has 3 rings (SSSR count). The van der Waals surface area contributed by atoms with Crippen molar-refractivity contribution in [3.63, 3.8) is 0 Å². The fraction of sp³-hybridized carbons (Fsp3) is 0.611. The van der Waals surface area contributed by atoms with Gasteiger partial charge in [0.15, 0.2) is 0 Å². The lowest BCUT2D eigenvalue weighted by Crippen LogP contribution is -2.44. The van der Waals surface area contributed by atoms with Crippen LogP contribution in [0.1, 0.15) is 45.1 Å². The van der Waals surface area contributed by atoms with Gasteiger partial charge in [-0.3, -0.25) is 10.1 Å². The second kappa shape index (κ2) is 5.80. The minimum Gasteiger partial charge on any atom is -0.325 e. The van der Waals surface area contributed by atoms with Gasteiger partial charge < -0.3 is 4.90 Å². The molecule has 1 amide bonds. The molecule has 114 valence electrons. The van der Waals surface area contributed by atoms with Gasteiger partial charge in [0.2, 0.25) is 5.91 Å². The number of benzene rings is 1. The highest BCUT2D eigenvalue weighted by atomic mass is 16.2. The molecule has 3 heteroatoms. The zero-order chi connectivity index (χ0) is 14.9. The number of aryl methyl sites for hydroxylation is 1. The molecular formula is C18H26N2O. The van der Waals surface area contributed by atoms with Crippen molar-refractivity contribution in [3.05, 3.63) is 35.9 Å². The first-order valence-electron chi connectivity index (χ1n) is 8.16. The lowest BCUT2D eigenvalue weighted by atomic mass is 9.86. The number of hydrogen-bond acceptors (Lipinski definition) is 2. The molecule has 1 aliphatic heterocycles. The van der Waals surface area contributed by atoms with E-state index in [4.69, 9.17) is 0 Å². The molecule has 0 radical (unpaired) electrons. The van der Waals surface area contributed by atoms with Gasteiger partial charge in [-0.1, -0.05) is 50.6 Å². The molecule has 1 aromatic carbocycles. The number of carbonyl (C=O) groups excluding carboxylic acids is 1. The summed E-state index contributed by atoms with van der Waals surface area (Å²) in [6.45, 7) is 5.33. The highest BCUT2D eigenvalue weighted by molar-refractivity contribution is 5.84. The third-order valence-corrected chi connectivity index (χ3v) is 5.23. The van der Waals surface area contributed by atoms with Crippen molar-refractivity contribution in [2.24, 2.45) is 5.41 Å². The first-order valence-corrected chi connectivity index (χ1v) is 8.16. The van der Waals surface area contributed by atoms with Gasteiger partial charge in [0, 0.05) is 6.04 Å². The van der Waals surface area contributed by atoms with Crippen molar-refractivity contribution in [1.29, 1.82) is 0 Å². The van der Waals surface area contributed by atoms with Gasteiger partial charge in [-0.2, -0.15) is 0 Å². The third kappa shape index (κ3) is 2.98. The first-order chi connectivity index (χ1) is 10.1. The average molecular weight is 286 g/mol. The molecular weight excluding hydrogens is 260 g/mol. The monoisotopic (exact) mass is 286 g/mol. The fourth-order valence-corrected chi connectivity index (χ4v) is 3.91. The molecule has 1 aromatic rings. The summed E-state index contributed by atoms with van der Waals surface area (Å²) in [5, 5.41) is 3.42. The summed E-state index contributed by atoms with van der Waals surface area (Å²) in [7, 11) is 0. The van der Waals surface area contributed by atoms with Crippen LogP contribution in [0.15, 0.2) is 30.3 Å². The Balaban J connectivity index is 1.59. The van der Waals surface area contributed by atoms with Gasteiger partial charge in [-0.05, 0) is 36.7 Å². The molecule has 1 saturated heterocycles. The van der Waals surface area contributed by atoms with E-state index < -0.39 is 0 Å². The molecule has 3 nitrogen and oxygen atoms in total. The summed E-state index contributed by atoms with van der Waals surface area (Å²) in [6.07, 6.45) is 5.50. The molecule has 2 unspecified atom stereocenters. The zero-order valence-corrected chi connectivity index (χ0v) is 13.1. The predicted octanol–water partition coefficient (Wildman–Crippen LogP) is 2.96. The van der Waals surface area contributed by atoms with Crippen molar-refractivity contribution in [2.75, 3.05) is 6.67 Å². The summed E-state index contributed by atoms with van der Waals surface area (Å²) < 4.78 is 0. The van der Waals surface area contributed by atoms with E-state index in [1.54, 1.807) is 0 Å². The van der Waals surface area contributed by atoms with Crippen molar-refractivity contribution < 1.29 is 4.79 Å². The summed E-state index contributed by atoms with van der Waals surface area (Å²) in [5.41, 5.74) is 1.58. The van der Waals surface area contributed by atoms with Gasteiger partial charge in [0.05, 0.1) is 12.7 Å². The SMILES string of the molecule is CC1(C)CCCC1N1CNC(CCc2ccccc2)C1=O. The number of nitrogens with zero attached hydrogens (tertiary/aromatic N) is 1. The molecule has 1 heterocycles. The maximum absolute atomic E-state index is 12.7. The van der Waals surface area contributed by atoms with Gasteiger partial charge in [0.1, 0.15) is 0 Å². The summed E-state index contributed by atoms with van der Waals surface area (Å²) in [6, 6.07) is 10.8. The van der Waals surface area contributed by atoms with Crippen LogP contribution in [0.2, 0.25) is 0 Å². The molecule has 21 heavy (non-hydrogen) atoms. The van der Waals surface area contributed by atoms with E-state index in [9.17, 15) is 4.79 Å². The fourth-order valence-electron chi connectivity index (χ4n) is 3.91. The van der Waals surface area contributed by atoms with Crippen LogP contribution >= 0.6 is 0 Å². The Bertz CT molecular complexity index is 497. The quantitative estimate of drug-likeness (QED) is 0.923. The van der Waals surface area contributed by atoms with Crippen LogP contribution in [0, 0.1) is 5.41 Å². The smallest absolute Gasteiger partial charge is 0.241 e. The molecule has 1 N–H and O–H groups in total. The minimum absolute atomic E-state index is 0.00149. The van der Waals surface area contributed by atoms with Crippen molar-refractivity contribution >= 4 is 5.91 Å². The zero-order valence-electron chi connectivity index (χ0n) is 13.1. The van der Waals surface area contributed by atoms with Crippen molar-refractivity contribution in [2.45, 2.75) is 58.0 Å². The molecule has 0 bridgehead atoms. The van der Waals surface area contributed by atoms with Crippen molar-refractivity contribution in [3.8, 4) is 0 Å². The highest BCUT2D eigenvalue weighted by Crippen LogP contribution is 2.41. The van der Waals surface area contributed by atoms with Crippen LogP contribution < -0.4 is 5.32 Å². The average Bonchev–Trinajstić information content (AvgIpc) is 3.00. The maximum Gasteiger partial charge on any atom is 0.241 e. The van der Waals surface area contributed by atoms with Crippen LogP contribution in [0.25, 0.3) is 0 Å². The van der Waals surface area contributed by atoms with E-state index >= 15 is 0 Å². The largest absolute Gasteiger partial charge is 0.325 e. The second-order valence-electron chi connectivity index (χ2n) is 7.14. The van der Waals surface area contributed by atoms with E-state index in [1.165, 1.54) is 18.4 Å². The molecule has 2 atom stereocenters. The number of nitrogens with one attached hydrogen (secondary N) is 1. The van der Waals surface area contributed by atoms with E-state index in [-0.39, 0.29) is 11.5 Å². The molecule has 0 spiro atoms. The Morgan fingerprint density at radius 2 is 2.05 bits per heavy atom. The van der Waals surface area contributed by atoms with Gasteiger partial charge in [-0.15, -0.1) is 0 Å². The topological polar surface area (TPSA) is 32.3 Å². The standard InChI is InChI=1S/C18H26N2O/c1-18(2)12-6-9-16(18)20-13-19-15(17(20)21)11-10-14-7-4-3-5-8-14/h3-5,7-8,15-16,19H,6,9-13H2,1-2H3. The van der Waals surface area contributed by atoms with E-state index in [0.717, 1.165) is 25.9 Å². The lowest BCUT2D eigenvalue weighted by Gasteiger charge is -2.34. The molecule has 1 aliphatic carbocycles. The molecule has 2 aliphatic rings. The van der Waals surface area contributed by atoms with Crippen LogP contribution in [0.4, 0.5) is 0 Å². The Morgan fingerprint density at radius 3 is 2.71 bits per heavy atom. The number of hydrogen-bond donors (Lipinski definition) is 1. The summed E-state index contributed by atoms with van der Waals surface area (Å²) in [4.78, 5) is 14.8. The molecule has 2 fully saturated rings. The molecule has 1 saturated carbocycles. The van der Waals surface area contributed by atoms with Crippen LogP contribution in [-0.2, 0) is 11.2 Å². The maximum atomic E-state index is 12.7. The van der Waals surface area contributed by atoms with Gasteiger partial charge in [0.25, 0.3) is 0 Å². The number of amides is 1. The second-order valence-corrected chi connectivity index (χ2v) is 7.14. The Morgan fingerprint density at radius 1 is 1.29 bits per heavy atom. The molecule has 0 aromatic heterocycles. The Labute approximate surface area is 127 Å². The van der Waals surface area contributed by atoms with E-state index in [2.05, 4.69) is 48.3 Å². The van der Waals surface area contributed by atoms with Gasteiger partial charge >= 0.3 is 0 Å². The predicted molar refractivity (Wildman–Crippen MR) is 84.8 cm³/mol. The lowest BCUT2D eigenvalue weighted by molar-refractivity contribution is -0.132. The number of carbonyl (C=O) groups is 1. The van der Waals surface area contributed by atoms with Crippen LogP contribution in [0.3, 0.4) is 0 Å². The normalized spacial score (nSPS) is 28.3. The minimum atomic E-state index is 0.00149. The first kappa shape index (κ1) is 14.6. The van der Waals surface area contributed by atoms with E-state index in [1.807, 2.05) is 6.07 Å². The third-order valence-electron chi connectivity index (χ3n) is 5.23.